The SMILES string of the molecule is Cc1ccc(CNCC(=O)NCCc2c[nH]c3ccccc23)cc1. The number of amides is 1. The first-order chi connectivity index (χ1) is 11.7. The summed E-state index contributed by atoms with van der Waals surface area (Å²) in [6, 6.07) is 16.5. The summed E-state index contributed by atoms with van der Waals surface area (Å²) in [7, 11) is 0. The van der Waals surface area contributed by atoms with E-state index in [-0.39, 0.29) is 5.91 Å². The normalized spacial score (nSPS) is 10.9. The summed E-state index contributed by atoms with van der Waals surface area (Å²) < 4.78 is 0. The van der Waals surface area contributed by atoms with E-state index in [1.165, 1.54) is 22.1 Å². The van der Waals surface area contributed by atoms with Crippen molar-refractivity contribution in [2.24, 2.45) is 0 Å². The Morgan fingerprint density at radius 3 is 2.71 bits per heavy atom. The third kappa shape index (κ3) is 4.24. The van der Waals surface area contributed by atoms with E-state index in [1.807, 2.05) is 18.3 Å². The van der Waals surface area contributed by atoms with E-state index in [2.05, 4.69) is 58.9 Å². The molecule has 0 aliphatic heterocycles. The number of hydrogen-bond donors (Lipinski definition) is 3. The molecule has 1 amide bonds. The molecule has 4 nitrogen and oxygen atoms in total. The number of hydrogen-bond acceptors (Lipinski definition) is 2. The molecule has 1 heterocycles. The molecule has 0 spiro atoms. The van der Waals surface area contributed by atoms with Crippen molar-refractivity contribution in [3.05, 3.63) is 71.4 Å². The van der Waals surface area contributed by atoms with Gasteiger partial charge in [-0.3, -0.25) is 4.79 Å². The van der Waals surface area contributed by atoms with Crippen molar-refractivity contribution in [2.45, 2.75) is 19.9 Å². The predicted molar refractivity (Wildman–Crippen MR) is 97.9 cm³/mol. The number of para-hydroxylation sites is 1. The molecule has 4 heteroatoms. The topological polar surface area (TPSA) is 56.9 Å². The second kappa shape index (κ2) is 7.79. The second-order valence-corrected chi connectivity index (χ2v) is 6.05. The Bertz CT molecular complexity index is 805. The quantitative estimate of drug-likeness (QED) is 0.627. The molecule has 2 aromatic carbocycles. The summed E-state index contributed by atoms with van der Waals surface area (Å²) in [4.78, 5) is 15.2. The van der Waals surface area contributed by atoms with Crippen molar-refractivity contribution in [2.75, 3.05) is 13.1 Å². The highest BCUT2D eigenvalue weighted by molar-refractivity contribution is 5.83. The number of benzene rings is 2. The lowest BCUT2D eigenvalue weighted by Gasteiger charge is -2.07. The van der Waals surface area contributed by atoms with Crippen LogP contribution in [-0.4, -0.2) is 24.0 Å². The molecule has 0 saturated heterocycles. The highest BCUT2D eigenvalue weighted by Crippen LogP contribution is 2.17. The average molecular weight is 321 g/mol. The van der Waals surface area contributed by atoms with Crippen LogP contribution >= 0.6 is 0 Å². The number of aryl methyl sites for hydroxylation is 1. The molecule has 3 rings (SSSR count). The first-order valence-electron chi connectivity index (χ1n) is 8.30. The van der Waals surface area contributed by atoms with E-state index in [0.717, 1.165) is 11.9 Å². The van der Waals surface area contributed by atoms with E-state index in [4.69, 9.17) is 0 Å². The van der Waals surface area contributed by atoms with Gasteiger partial charge in [-0.05, 0) is 30.5 Å². The Morgan fingerprint density at radius 2 is 1.88 bits per heavy atom. The largest absolute Gasteiger partial charge is 0.361 e. The Morgan fingerprint density at radius 1 is 1.08 bits per heavy atom. The minimum atomic E-state index is 0.0296. The smallest absolute Gasteiger partial charge is 0.233 e. The lowest BCUT2D eigenvalue weighted by atomic mass is 10.1. The van der Waals surface area contributed by atoms with Crippen LogP contribution in [0.1, 0.15) is 16.7 Å². The third-order valence-electron chi connectivity index (χ3n) is 4.13. The second-order valence-electron chi connectivity index (χ2n) is 6.05. The fraction of sp³-hybridized carbons (Fsp3) is 0.250. The molecule has 0 unspecified atom stereocenters. The van der Waals surface area contributed by atoms with Crippen molar-refractivity contribution < 1.29 is 4.79 Å². The summed E-state index contributed by atoms with van der Waals surface area (Å²) in [5, 5.41) is 7.37. The van der Waals surface area contributed by atoms with Gasteiger partial charge in [-0.15, -0.1) is 0 Å². The van der Waals surface area contributed by atoms with E-state index < -0.39 is 0 Å². The van der Waals surface area contributed by atoms with Crippen molar-refractivity contribution in [3.63, 3.8) is 0 Å². The number of rotatable bonds is 7. The Hall–Kier alpha value is -2.59. The van der Waals surface area contributed by atoms with Gasteiger partial charge in [-0.25, -0.2) is 0 Å². The number of nitrogens with one attached hydrogen (secondary N) is 3. The summed E-state index contributed by atoms with van der Waals surface area (Å²) in [6.07, 6.45) is 2.85. The van der Waals surface area contributed by atoms with E-state index in [0.29, 0.717) is 19.6 Å². The number of carbonyl (C=O) groups excluding carboxylic acids is 1. The van der Waals surface area contributed by atoms with Crippen molar-refractivity contribution in [1.29, 1.82) is 0 Å². The van der Waals surface area contributed by atoms with Crippen LogP contribution in [0, 0.1) is 6.92 Å². The zero-order valence-electron chi connectivity index (χ0n) is 13.9. The van der Waals surface area contributed by atoms with Gasteiger partial charge in [-0.1, -0.05) is 48.0 Å². The maximum atomic E-state index is 11.9. The first-order valence-corrected chi connectivity index (χ1v) is 8.30. The van der Waals surface area contributed by atoms with Crippen LogP contribution in [0.5, 0.6) is 0 Å². The molecule has 0 bridgehead atoms. The zero-order valence-corrected chi connectivity index (χ0v) is 13.9. The standard InChI is InChI=1S/C20H23N3O/c1-15-6-8-16(9-7-15)12-21-14-20(24)22-11-10-17-13-23-19-5-3-2-4-18(17)19/h2-9,13,21,23H,10-12,14H2,1H3,(H,22,24). The van der Waals surface area contributed by atoms with E-state index in [1.54, 1.807) is 0 Å². The third-order valence-corrected chi connectivity index (χ3v) is 4.13. The lowest BCUT2D eigenvalue weighted by Crippen LogP contribution is -2.34. The van der Waals surface area contributed by atoms with Crippen LogP contribution in [0.4, 0.5) is 0 Å². The van der Waals surface area contributed by atoms with Crippen LogP contribution < -0.4 is 10.6 Å². The van der Waals surface area contributed by atoms with Crippen molar-refractivity contribution in [3.8, 4) is 0 Å². The molecule has 0 atom stereocenters. The number of carbonyl (C=O) groups is 1. The van der Waals surface area contributed by atoms with Crippen LogP contribution in [0.25, 0.3) is 10.9 Å². The van der Waals surface area contributed by atoms with Gasteiger partial charge in [-0.2, -0.15) is 0 Å². The monoisotopic (exact) mass is 321 g/mol. The summed E-state index contributed by atoms with van der Waals surface area (Å²) in [5.74, 6) is 0.0296. The molecule has 24 heavy (non-hydrogen) atoms. The van der Waals surface area contributed by atoms with Crippen molar-refractivity contribution >= 4 is 16.8 Å². The molecular weight excluding hydrogens is 298 g/mol. The molecule has 0 fully saturated rings. The summed E-state index contributed by atoms with van der Waals surface area (Å²) in [6.45, 7) is 3.75. The van der Waals surface area contributed by atoms with Gasteiger partial charge in [0.2, 0.25) is 5.91 Å². The Labute approximate surface area is 142 Å². The molecule has 124 valence electrons. The number of aromatic amines is 1. The van der Waals surface area contributed by atoms with Gasteiger partial charge in [0.15, 0.2) is 0 Å². The molecule has 1 aromatic heterocycles. The van der Waals surface area contributed by atoms with E-state index in [9.17, 15) is 4.79 Å². The Kier molecular flexibility index (Phi) is 5.29. The molecule has 0 saturated carbocycles. The molecule has 0 aliphatic carbocycles. The van der Waals surface area contributed by atoms with Crippen molar-refractivity contribution in [1.82, 2.24) is 15.6 Å². The predicted octanol–water partition coefficient (Wildman–Crippen LogP) is 2.92. The number of H-pyrrole nitrogens is 1. The minimum absolute atomic E-state index is 0.0296. The van der Waals surface area contributed by atoms with Crippen LogP contribution in [0.15, 0.2) is 54.7 Å². The van der Waals surface area contributed by atoms with Crippen LogP contribution in [-0.2, 0) is 17.8 Å². The fourth-order valence-corrected chi connectivity index (χ4v) is 2.76. The summed E-state index contributed by atoms with van der Waals surface area (Å²) in [5.41, 5.74) is 4.80. The zero-order chi connectivity index (χ0) is 16.8. The van der Waals surface area contributed by atoms with Gasteiger partial charge >= 0.3 is 0 Å². The van der Waals surface area contributed by atoms with Gasteiger partial charge < -0.3 is 15.6 Å². The molecular formula is C20H23N3O. The van der Waals surface area contributed by atoms with Gasteiger partial charge in [0, 0.05) is 30.2 Å². The number of fused-ring (bicyclic) bond motifs is 1. The lowest BCUT2D eigenvalue weighted by molar-refractivity contribution is -0.120. The molecule has 3 N–H and O–H groups in total. The van der Waals surface area contributed by atoms with Gasteiger partial charge in [0.25, 0.3) is 0 Å². The van der Waals surface area contributed by atoms with Gasteiger partial charge in [0.1, 0.15) is 0 Å². The summed E-state index contributed by atoms with van der Waals surface area (Å²) >= 11 is 0. The molecule has 0 aliphatic rings. The first kappa shape index (κ1) is 16.3. The number of aromatic nitrogens is 1. The fourth-order valence-electron chi connectivity index (χ4n) is 2.76. The van der Waals surface area contributed by atoms with Gasteiger partial charge in [0.05, 0.1) is 6.54 Å². The Balaban J connectivity index is 1.39. The van der Waals surface area contributed by atoms with Crippen LogP contribution in [0.2, 0.25) is 0 Å². The maximum absolute atomic E-state index is 11.9. The maximum Gasteiger partial charge on any atom is 0.233 e. The highest BCUT2D eigenvalue weighted by Gasteiger charge is 2.04. The molecule has 0 radical (unpaired) electrons. The molecule has 3 aromatic rings. The highest BCUT2D eigenvalue weighted by atomic mass is 16.1. The minimum Gasteiger partial charge on any atom is -0.361 e. The van der Waals surface area contributed by atoms with E-state index >= 15 is 0 Å². The van der Waals surface area contributed by atoms with Crippen LogP contribution in [0.3, 0.4) is 0 Å². The average Bonchev–Trinajstić information content (AvgIpc) is 3.00.